The Morgan fingerprint density at radius 1 is 1.45 bits per heavy atom. The molecule has 0 bridgehead atoms. The van der Waals surface area contributed by atoms with E-state index in [9.17, 15) is 9.90 Å². The molecular formula is C15H20ClNO3. The van der Waals surface area contributed by atoms with Crippen molar-refractivity contribution in [2.75, 3.05) is 19.5 Å². The molecule has 1 aliphatic heterocycles. The maximum absolute atomic E-state index is 12.7. The van der Waals surface area contributed by atoms with Gasteiger partial charge in [-0.15, -0.1) is 11.6 Å². The Hall–Kier alpha value is -1.42. The summed E-state index contributed by atoms with van der Waals surface area (Å²) in [6.07, 6.45) is 4.09. The number of methoxy groups -OCH3 is 1. The van der Waals surface area contributed by atoms with Gasteiger partial charge in [-0.2, -0.15) is 0 Å². The summed E-state index contributed by atoms with van der Waals surface area (Å²) in [4.78, 5) is 14.4. The van der Waals surface area contributed by atoms with Gasteiger partial charge in [-0.25, -0.2) is 0 Å². The van der Waals surface area contributed by atoms with E-state index < -0.39 is 0 Å². The number of nitrogens with zero attached hydrogens (tertiary/aromatic N) is 1. The number of benzene rings is 1. The highest BCUT2D eigenvalue weighted by molar-refractivity contribution is 6.18. The van der Waals surface area contributed by atoms with Gasteiger partial charge in [-0.3, -0.25) is 4.79 Å². The molecule has 0 saturated carbocycles. The summed E-state index contributed by atoms with van der Waals surface area (Å²) in [5, 5.41) is 9.92. The highest BCUT2D eigenvalue weighted by Crippen LogP contribution is 2.27. The summed E-state index contributed by atoms with van der Waals surface area (Å²) in [6, 6.07) is 4.73. The fourth-order valence-corrected chi connectivity index (χ4v) is 2.89. The van der Waals surface area contributed by atoms with Crippen molar-refractivity contribution in [2.45, 2.75) is 31.7 Å². The zero-order valence-corrected chi connectivity index (χ0v) is 12.4. The lowest BCUT2D eigenvalue weighted by molar-refractivity contribution is 0.0697. The van der Waals surface area contributed by atoms with Gasteiger partial charge in [-0.05, 0) is 31.0 Å². The summed E-state index contributed by atoms with van der Waals surface area (Å²) in [6.45, 7) is 0.687. The van der Waals surface area contributed by atoms with Crippen molar-refractivity contribution >= 4 is 17.5 Å². The number of carbonyl (C=O) groups is 1. The molecule has 0 aliphatic carbocycles. The lowest BCUT2D eigenvalue weighted by atomic mass is 10.1. The van der Waals surface area contributed by atoms with Gasteiger partial charge in [-0.1, -0.05) is 12.8 Å². The van der Waals surface area contributed by atoms with Gasteiger partial charge in [0.05, 0.1) is 12.7 Å². The van der Waals surface area contributed by atoms with Gasteiger partial charge < -0.3 is 14.7 Å². The van der Waals surface area contributed by atoms with Crippen LogP contribution in [0.5, 0.6) is 11.5 Å². The third kappa shape index (κ3) is 3.18. The number of amides is 1. The Bertz CT molecular complexity index is 478. The summed E-state index contributed by atoms with van der Waals surface area (Å²) < 4.78 is 5.12. The number of halogens is 1. The van der Waals surface area contributed by atoms with Gasteiger partial charge in [0.25, 0.3) is 5.91 Å². The van der Waals surface area contributed by atoms with Gasteiger partial charge in [0.2, 0.25) is 0 Å². The molecule has 4 nitrogen and oxygen atoms in total. The van der Waals surface area contributed by atoms with E-state index in [4.69, 9.17) is 16.3 Å². The van der Waals surface area contributed by atoms with Crippen LogP contribution in [0.2, 0.25) is 0 Å². The Morgan fingerprint density at radius 3 is 2.95 bits per heavy atom. The Kier molecular flexibility index (Phi) is 5.12. The molecule has 1 aliphatic rings. The standard InChI is InChI=1S/C15H20ClNO3/c1-20-12-6-7-14(18)13(9-12)15(19)17-8-4-2-3-5-11(17)10-16/h6-7,9,11,18H,2-5,8,10H2,1H3. The molecule has 1 atom stereocenters. The van der Waals surface area contributed by atoms with Crippen LogP contribution < -0.4 is 4.74 Å². The molecule has 20 heavy (non-hydrogen) atoms. The van der Waals surface area contributed by atoms with Crippen LogP contribution in [0.4, 0.5) is 0 Å². The summed E-state index contributed by atoms with van der Waals surface area (Å²) in [5.41, 5.74) is 0.279. The maximum Gasteiger partial charge on any atom is 0.258 e. The Labute approximate surface area is 124 Å². The lowest BCUT2D eigenvalue weighted by Gasteiger charge is -2.29. The number of likely N-dealkylation sites (tertiary alicyclic amines) is 1. The second-order valence-corrected chi connectivity index (χ2v) is 5.35. The number of phenols is 1. The zero-order valence-electron chi connectivity index (χ0n) is 11.6. The van der Waals surface area contributed by atoms with E-state index in [-0.39, 0.29) is 23.3 Å². The van der Waals surface area contributed by atoms with Crippen LogP contribution in [0.3, 0.4) is 0 Å². The number of hydrogen-bond donors (Lipinski definition) is 1. The number of phenolic OH excluding ortho intramolecular Hbond substituents is 1. The molecule has 1 unspecified atom stereocenters. The second-order valence-electron chi connectivity index (χ2n) is 5.04. The number of alkyl halides is 1. The third-order valence-corrected chi connectivity index (χ3v) is 4.11. The first-order valence-electron chi connectivity index (χ1n) is 6.91. The fraction of sp³-hybridized carbons (Fsp3) is 0.533. The van der Waals surface area contributed by atoms with Crippen molar-refractivity contribution in [2.24, 2.45) is 0 Å². The zero-order chi connectivity index (χ0) is 14.5. The summed E-state index contributed by atoms with van der Waals surface area (Å²) in [5.74, 6) is 0.793. The van der Waals surface area contributed by atoms with Crippen LogP contribution in [0.1, 0.15) is 36.0 Å². The van der Waals surface area contributed by atoms with Gasteiger partial charge >= 0.3 is 0 Å². The lowest BCUT2D eigenvalue weighted by Crippen LogP contribution is -2.41. The molecule has 1 fully saturated rings. The highest BCUT2D eigenvalue weighted by Gasteiger charge is 2.27. The average Bonchev–Trinajstić information content (AvgIpc) is 2.72. The molecule has 1 heterocycles. The largest absolute Gasteiger partial charge is 0.507 e. The van der Waals surface area contributed by atoms with Crippen LogP contribution in [-0.4, -0.2) is 41.5 Å². The molecular weight excluding hydrogens is 278 g/mol. The van der Waals surface area contributed by atoms with E-state index in [0.29, 0.717) is 18.2 Å². The molecule has 110 valence electrons. The van der Waals surface area contributed by atoms with Crippen molar-refractivity contribution in [1.29, 1.82) is 0 Å². The van der Waals surface area contributed by atoms with Crippen LogP contribution in [0.15, 0.2) is 18.2 Å². The number of carbonyl (C=O) groups excluding carboxylic acids is 1. The smallest absolute Gasteiger partial charge is 0.258 e. The van der Waals surface area contributed by atoms with Crippen molar-refractivity contribution in [3.05, 3.63) is 23.8 Å². The van der Waals surface area contributed by atoms with Crippen molar-refractivity contribution in [3.8, 4) is 11.5 Å². The monoisotopic (exact) mass is 297 g/mol. The van der Waals surface area contributed by atoms with Gasteiger partial charge in [0.1, 0.15) is 11.5 Å². The van der Waals surface area contributed by atoms with E-state index in [0.717, 1.165) is 25.7 Å². The molecule has 0 radical (unpaired) electrons. The molecule has 1 aromatic rings. The first-order chi connectivity index (χ1) is 9.67. The Balaban J connectivity index is 2.28. The number of ether oxygens (including phenoxy) is 1. The van der Waals surface area contributed by atoms with Crippen molar-refractivity contribution in [3.63, 3.8) is 0 Å². The van der Waals surface area contributed by atoms with E-state index in [1.54, 1.807) is 17.0 Å². The van der Waals surface area contributed by atoms with Crippen LogP contribution >= 0.6 is 11.6 Å². The molecule has 1 saturated heterocycles. The predicted molar refractivity (Wildman–Crippen MR) is 78.7 cm³/mol. The average molecular weight is 298 g/mol. The highest BCUT2D eigenvalue weighted by atomic mass is 35.5. The molecule has 1 N–H and O–H groups in total. The fourth-order valence-electron chi connectivity index (χ4n) is 2.57. The summed E-state index contributed by atoms with van der Waals surface area (Å²) >= 11 is 6.00. The van der Waals surface area contributed by atoms with E-state index in [1.807, 2.05) is 0 Å². The van der Waals surface area contributed by atoms with Crippen molar-refractivity contribution < 1.29 is 14.6 Å². The minimum atomic E-state index is -0.172. The topological polar surface area (TPSA) is 49.8 Å². The first-order valence-corrected chi connectivity index (χ1v) is 7.44. The molecule has 0 aromatic heterocycles. The van der Waals surface area contributed by atoms with Gasteiger partial charge in [0.15, 0.2) is 0 Å². The molecule has 1 amide bonds. The molecule has 2 rings (SSSR count). The third-order valence-electron chi connectivity index (χ3n) is 3.75. The maximum atomic E-state index is 12.7. The molecule has 5 heteroatoms. The number of rotatable bonds is 3. The van der Waals surface area contributed by atoms with Gasteiger partial charge in [0, 0.05) is 18.5 Å². The molecule has 0 spiro atoms. The number of hydrogen-bond acceptors (Lipinski definition) is 3. The van der Waals surface area contributed by atoms with E-state index in [2.05, 4.69) is 0 Å². The molecule has 1 aromatic carbocycles. The normalized spacial score (nSPS) is 19.5. The quantitative estimate of drug-likeness (QED) is 0.873. The SMILES string of the molecule is COc1ccc(O)c(C(=O)N2CCCCCC2CCl)c1. The van der Waals surface area contributed by atoms with Crippen LogP contribution in [0.25, 0.3) is 0 Å². The first kappa shape index (κ1) is 15.0. The number of aromatic hydroxyl groups is 1. The minimum absolute atomic E-state index is 0.0200. The van der Waals surface area contributed by atoms with Crippen molar-refractivity contribution in [1.82, 2.24) is 4.90 Å². The second kappa shape index (κ2) is 6.84. The van der Waals surface area contributed by atoms with E-state index in [1.165, 1.54) is 13.2 Å². The minimum Gasteiger partial charge on any atom is -0.507 e. The van der Waals surface area contributed by atoms with E-state index >= 15 is 0 Å². The summed E-state index contributed by atoms with van der Waals surface area (Å²) in [7, 11) is 1.54. The Morgan fingerprint density at radius 2 is 2.25 bits per heavy atom. The van der Waals surface area contributed by atoms with Crippen LogP contribution in [-0.2, 0) is 0 Å². The predicted octanol–water partition coefficient (Wildman–Crippen LogP) is 3.02. The van der Waals surface area contributed by atoms with Crippen LogP contribution in [0, 0.1) is 0 Å².